The molecule has 0 aromatic carbocycles. The van der Waals surface area contributed by atoms with E-state index in [4.69, 9.17) is 14.2 Å². The van der Waals surface area contributed by atoms with Crippen LogP contribution in [0.2, 0.25) is 0 Å². The standard InChI is InChI=1S/C52H86O6/c1-4-7-10-13-16-19-21-23-25-26-27-29-30-33-36-39-42-45-51(54)57-48-49(47-56-50(53)44-41-38-35-32-18-15-12-9-6-3)58-52(55)46-43-40-37-34-31-28-24-22-20-17-14-11-8-5-2/h9,12,18,23,25,27-29,31-33,36,38,41,49H,4-8,10-11,13-17,19-22,24,26,30,34-35,37,39-40,42-48H2,1-3H3/b12-9-,25-23-,29-27-,31-28-,32-18-,36-33-,41-38-. The number of rotatable bonds is 41. The van der Waals surface area contributed by atoms with E-state index in [-0.39, 0.29) is 44.4 Å². The molecule has 0 aliphatic heterocycles. The first-order valence-corrected chi connectivity index (χ1v) is 23.6. The number of unbranched alkanes of at least 4 members (excludes halogenated alkanes) is 17. The smallest absolute Gasteiger partial charge is 0.309 e. The number of ether oxygens (including phenoxy) is 3. The summed E-state index contributed by atoms with van der Waals surface area (Å²) in [5, 5.41) is 0. The highest BCUT2D eigenvalue weighted by Crippen LogP contribution is 2.12. The van der Waals surface area contributed by atoms with E-state index in [1.165, 1.54) is 89.9 Å². The van der Waals surface area contributed by atoms with Crippen molar-refractivity contribution >= 4 is 17.9 Å². The van der Waals surface area contributed by atoms with Gasteiger partial charge in [0.15, 0.2) is 6.10 Å². The molecule has 0 radical (unpaired) electrons. The Kier molecular flexibility index (Phi) is 43.6. The van der Waals surface area contributed by atoms with Crippen molar-refractivity contribution in [2.24, 2.45) is 0 Å². The molecule has 0 aromatic heterocycles. The first-order valence-electron chi connectivity index (χ1n) is 23.6. The van der Waals surface area contributed by atoms with Gasteiger partial charge in [0.1, 0.15) is 13.2 Å². The zero-order valence-corrected chi connectivity index (χ0v) is 37.5. The summed E-state index contributed by atoms with van der Waals surface area (Å²) in [7, 11) is 0. The first-order chi connectivity index (χ1) is 28.5. The Labute approximate surface area is 356 Å². The Bertz CT molecular complexity index is 1160. The molecular formula is C52H86O6. The second kappa shape index (κ2) is 46.3. The van der Waals surface area contributed by atoms with E-state index in [9.17, 15) is 14.4 Å². The maximum absolute atomic E-state index is 12.7. The average molecular weight is 807 g/mol. The van der Waals surface area contributed by atoms with Crippen LogP contribution in [0.1, 0.15) is 207 Å². The van der Waals surface area contributed by atoms with Crippen molar-refractivity contribution in [2.75, 3.05) is 13.2 Å². The molecule has 0 rings (SSSR count). The van der Waals surface area contributed by atoms with Crippen LogP contribution >= 0.6 is 0 Å². The lowest BCUT2D eigenvalue weighted by Gasteiger charge is -2.18. The zero-order valence-electron chi connectivity index (χ0n) is 37.5. The average Bonchev–Trinajstić information content (AvgIpc) is 3.22. The fraction of sp³-hybridized carbons (Fsp3) is 0.673. The molecule has 58 heavy (non-hydrogen) atoms. The van der Waals surface area contributed by atoms with Gasteiger partial charge >= 0.3 is 17.9 Å². The van der Waals surface area contributed by atoms with E-state index in [1.807, 2.05) is 6.08 Å². The number of allylic oxidation sites excluding steroid dienone is 13. The third-order valence-corrected chi connectivity index (χ3v) is 9.64. The molecule has 0 bridgehead atoms. The van der Waals surface area contributed by atoms with Crippen molar-refractivity contribution in [1.29, 1.82) is 0 Å². The Morgan fingerprint density at radius 1 is 0.379 bits per heavy atom. The molecular weight excluding hydrogens is 721 g/mol. The maximum atomic E-state index is 12.7. The number of carbonyl (C=O) groups excluding carboxylic acids is 3. The van der Waals surface area contributed by atoms with E-state index >= 15 is 0 Å². The summed E-state index contributed by atoms with van der Waals surface area (Å²) in [4.78, 5) is 37.6. The lowest BCUT2D eigenvalue weighted by molar-refractivity contribution is -0.166. The Morgan fingerprint density at radius 2 is 0.759 bits per heavy atom. The van der Waals surface area contributed by atoms with E-state index in [0.29, 0.717) is 6.42 Å². The van der Waals surface area contributed by atoms with Gasteiger partial charge in [-0.2, -0.15) is 0 Å². The minimum Gasteiger partial charge on any atom is -0.462 e. The number of carbonyl (C=O) groups is 3. The number of hydrogen-bond acceptors (Lipinski definition) is 6. The van der Waals surface area contributed by atoms with E-state index in [1.54, 1.807) is 6.08 Å². The molecule has 0 amide bonds. The molecule has 0 saturated carbocycles. The fourth-order valence-corrected chi connectivity index (χ4v) is 6.10. The summed E-state index contributed by atoms with van der Waals surface area (Å²) >= 11 is 0. The first kappa shape index (κ1) is 54.6. The van der Waals surface area contributed by atoms with E-state index in [2.05, 4.69) is 93.7 Å². The van der Waals surface area contributed by atoms with Crippen LogP contribution in [0.15, 0.2) is 85.1 Å². The van der Waals surface area contributed by atoms with Crippen molar-refractivity contribution in [2.45, 2.75) is 213 Å². The second-order valence-corrected chi connectivity index (χ2v) is 15.3. The Balaban J connectivity index is 4.51. The van der Waals surface area contributed by atoms with E-state index in [0.717, 1.165) is 70.6 Å². The SMILES string of the molecule is CC/C=C\C/C=C\C/C=C\CC(=O)OCC(COC(=O)CCC/C=C\C/C=C\C/C=C\CCCCCCCC)OC(=O)CCCCC/C=C\CCCCCCCCC. The summed E-state index contributed by atoms with van der Waals surface area (Å²) in [6.45, 7) is 6.33. The second-order valence-electron chi connectivity index (χ2n) is 15.3. The normalized spacial score (nSPS) is 12.8. The summed E-state index contributed by atoms with van der Waals surface area (Å²) in [5.74, 6) is -1.13. The topological polar surface area (TPSA) is 78.9 Å². The van der Waals surface area contributed by atoms with Crippen molar-refractivity contribution in [3.8, 4) is 0 Å². The lowest BCUT2D eigenvalue weighted by atomic mass is 10.1. The van der Waals surface area contributed by atoms with E-state index < -0.39 is 12.1 Å². The number of esters is 3. The third-order valence-electron chi connectivity index (χ3n) is 9.64. The predicted octanol–water partition coefficient (Wildman–Crippen LogP) is 15.3. The van der Waals surface area contributed by atoms with Gasteiger partial charge in [0.05, 0.1) is 6.42 Å². The lowest BCUT2D eigenvalue weighted by Crippen LogP contribution is -2.30. The summed E-state index contributed by atoms with van der Waals surface area (Å²) < 4.78 is 16.5. The molecule has 0 fully saturated rings. The molecule has 6 heteroatoms. The molecule has 330 valence electrons. The summed E-state index contributed by atoms with van der Waals surface area (Å²) in [6, 6.07) is 0. The predicted molar refractivity (Wildman–Crippen MR) is 247 cm³/mol. The monoisotopic (exact) mass is 807 g/mol. The van der Waals surface area contributed by atoms with Gasteiger partial charge < -0.3 is 14.2 Å². The molecule has 1 atom stereocenters. The van der Waals surface area contributed by atoms with Gasteiger partial charge in [-0.1, -0.05) is 183 Å². The minimum atomic E-state index is -0.838. The van der Waals surface area contributed by atoms with Crippen molar-refractivity contribution in [1.82, 2.24) is 0 Å². The molecule has 0 aromatic rings. The maximum Gasteiger partial charge on any atom is 0.309 e. The van der Waals surface area contributed by atoms with Gasteiger partial charge in [-0.25, -0.2) is 0 Å². The van der Waals surface area contributed by atoms with Crippen LogP contribution in [0.3, 0.4) is 0 Å². The highest BCUT2D eigenvalue weighted by molar-refractivity contribution is 5.72. The van der Waals surface area contributed by atoms with Crippen LogP contribution in [0.25, 0.3) is 0 Å². The minimum absolute atomic E-state index is 0.122. The summed E-state index contributed by atoms with van der Waals surface area (Å²) in [5.41, 5.74) is 0. The van der Waals surface area contributed by atoms with Crippen LogP contribution in [0, 0.1) is 0 Å². The highest BCUT2D eigenvalue weighted by atomic mass is 16.6. The van der Waals surface area contributed by atoms with Crippen molar-refractivity contribution < 1.29 is 28.6 Å². The highest BCUT2D eigenvalue weighted by Gasteiger charge is 2.19. The Morgan fingerprint density at radius 3 is 1.28 bits per heavy atom. The van der Waals surface area contributed by atoms with Gasteiger partial charge in [0.25, 0.3) is 0 Å². The molecule has 6 nitrogen and oxygen atoms in total. The molecule has 0 aliphatic rings. The van der Waals surface area contributed by atoms with Crippen LogP contribution in [0.5, 0.6) is 0 Å². The van der Waals surface area contributed by atoms with Gasteiger partial charge in [0, 0.05) is 12.8 Å². The van der Waals surface area contributed by atoms with Crippen LogP contribution in [0.4, 0.5) is 0 Å². The molecule has 0 heterocycles. The molecule has 0 spiro atoms. The van der Waals surface area contributed by atoms with Crippen LogP contribution in [-0.4, -0.2) is 37.2 Å². The third kappa shape index (κ3) is 43.7. The Hall–Kier alpha value is -3.41. The van der Waals surface area contributed by atoms with Gasteiger partial charge in [-0.15, -0.1) is 0 Å². The van der Waals surface area contributed by atoms with Crippen LogP contribution < -0.4 is 0 Å². The fourth-order valence-electron chi connectivity index (χ4n) is 6.10. The van der Waals surface area contributed by atoms with Crippen molar-refractivity contribution in [3.63, 3.8) is 0 Å². The molecule has 0 aliphatic carbocycles. The van der Waals surface area contributed by atoms with Gasteiger partial charge in [-0.05, 0) is 89.9 Å². The molecule has 0 saturated heterocycles. The van der Waals surface area contributed by atoms with Crippen molar-refractivity contribution in [3.05, 3.63) is 85.1 Å². The zero-order chi connectivity index (χ0) is 42.3. The quantitative estimate of drug-likeness (QED) is 0.0265. The summed E-state index contributed by atoms with van der Waals surface area (Å²) in [6.07, 6.45) is 59.0. The van der Waals surface area contributed by atoms with Crippen LogP contribution in [-0.2, 0) is 28.6 Å². The van der Waals surface area contributed by atoms with Gasteiger partial charge in [0.2, 0.25) is 0 Å². The molecule has 0 N–H and O–H groups in total. The largest absolute Gasteiger partial charge is 0.462 e. The molecule has 1 unspecified atom stereocenters. The van der Waals surface area contributed by atoms with Gasteiger partial charge in [-0.3, -0.25) is 14.4 Å². The number of hydrogen-bond donors (Lipinski definition) is 0.